The molecule has 0 radical (unpaired) electrons. The molecule has 5 saturated carbocycles. The Balaban J connectivity index is 1.32. The van der Waals surface area contributed by atoms with Crippen LogP contribution in [0.5, 0.6) is 0 Å². The minimum Gasteiger partial charge on any atom is -0.453 e. The molecule has 5 fully saturated rings. The average molecular weight is 412 g/mol. The number of carbonyl (C=O) groups is 2. The summed E-state index contributed by atoms with van der Waals surface area (Å²) in [5.74, 6) is 1.20. The smallest absolute Gasteiger partial charge is 0.307 e. The first-order valence-corrected chi connectivity index (χ1v) is 10.8. The highest BCUT2D eigenvalue weighted by Gasteiger charge is 2.57. The van der Waals surface area contributed by atoms with Gasteiger partial charge in [-0.05, 0) is 75.5 Å². The van der Waals surface area contributed by atoms with Gasteiger partial charge in [-0.3, -0.25) is 9.59 Å². The van der Waals surface area contributed by atoms with Crippen molar-refractivity contribution in [3.05, 3.63) is 0 Å². The molecule has 4 bridgehead atoms. The third-order valence-electron chi connectivity index (χ3n) is 7.01. The van der Waals surface area contributed by atoms with Gasteiger partial charge in [-0.2, -0.15) is 0 Å². The van der Waals surface area contributed by atoms with Crippen molar-refractivity contribution in [2.75, 3.05) is 0 Å². The summed E-state index contributed by atoms with van der Waals surface area (Å²) < 4.78 is 5.78. The summed E-state index contributed by atoms with van der Waals surface area (Å²) in [5, 5.41) is 3.03. The second-order valence-electron chi connectivity index (χ2n) is 9.41. The molecule has 0 aromatic carbocycles. The zero-order valence-corrected chi connectivity index (χ0v) is 16.8. The fraction of sp³-hybridized carbons (Fsp3) is 0.900. The molecule has 140 valence electrons. The van der Waals surface area contributed by atoms with E-state index in [0.717, 1.165) is 43.9 Å². The van der Waals surface area contributed by atoms with Crippen molar-refractivity contribution in [2.45, 2.75) is 94.0 Å². The predicted molar refractivity (Wildman–Crippen MR) is 99.3 cm³/mol. The van der Waals surface area contributed by atoms with Gasteiger partial charge < -0.3 is 10.1 Å². The Morgan fingerprint density at radius 3 is 2.40 bits per heavy atom. The molecule has 0 spiro atoms. The molecule has 25 heavy (non-hydrogen) atoms. The minimum atomic E-state index is -0.681. The maximum Gasteiger partial charge on any atom is 0.307 e. The van der Waals surface area contributed by atoms with Crippen molar-refractivity contribution in [2.24, 2.45) is 17.3 Å². The standard InChI is InChI=1S/C20H30BrNO3/c1-13(18(24)22-16-4-2-3-5-16)25-17(23)11-19-7-14-6-15(8-19)10-20(21,9-14)12-19/h13-16H,2-12H2,1H3,(H,22,24)/t13-,14-,15-,19?,20?/m0/s1. The van der Waals surface area contributed by atoms with Gasteiger partial charge in [-0.25, -0.2) is 0 Å². The van der Waals surface area contributed by atoms with Gasteiger partial charge in [0.05, 0.1) is 6.42 Å². The second-order valence-corrected chi connectivity index (χ2v) is 11.1. The Morgan fingerprint density at radius 2 is 1.80 bits per heavy atom. The first-order chi connectivity index (χ1) is 11.8. The van der Waals surface area contributed by atoms with Crippen LogP contribution in [0, 0.1) is 17.3 Å². The molecule has 0 heterocycles. The third kappa shape index (κ3) is 3.77. The number of ether oxygens (including phenoxy) is 1. The SMILES string of the molecule is C[C@H](OC(=O)CC12C[C@@H]3C[C@H](CC(Br)(C3)C1)C2)C(=O)NC1CCCC1. The quantitative estimate of drug-likeness (QED) is 0.547. The highest BCUT2D eigenvalue weighted by Crippen LogP contribution is 2.65. The average Bonchev–Trinajstić information content (AvgIpc) is 2.96. The maximum absolute atomic E-state index is 12.6. The second kappa shape index (κ2) is 6.54. The van der Waals surface area contributed by atoms with E-state index in [4.69, 9.17) is 4.74 Å². The number of halogens is 1. The third-order valence-corrected chi connectivity index (χ3v) is 7.94. The number of amides is 1. The summed E-state index contributed by atoms with van der Waals surface area (Å²) in [6, 6.07) is 0.269. The molecular weight excluding hydrogens is 382 g/mol. The van der Waals surface area contributed by atoms with Crippen molar-refractivity contribution in [1.82, 2.24) is 5.32 Å². The van der Waals surface area contributed by atoms with E-state index in [2.05, 4.69) is 21.2 Å². The van der Waals surface area contributed by atoms with Crippen LogP contribution in [0.15, 0.2) is 0 Å². The molecule has 1 N–H and O–H groups in total. The Kier molecular flexibility index (Phi) is 4.66. The molecule has 0 saturated heterocycles. The summed E-state index contributed by atoms with van der Waals surface area (Å²) in [4.78, 5) is 24.8. The Labute approximate surface area is 159 Å². The van der Waals surface area contributed by atoms with Gasteiger partial charge >= 0.3 is 5.97 Å². The molecule has 5 heteroatoms. The van der Waals surface area contributed by atoms with E-state index in [1.54, 1.807) is 6.92 Å². The van der Waals surface area contributed by atoms with E-state index >= 15 is 0 Å². The molecule has 3 atom stereocenters. The van der Waals surface area contributed by atoms with Crippen LogP contribution in [0.25, 0.3) is 0 Å². The lowest BCUT2D eigenvalue weighted by Gasteiger charge is -2.60. The predicted octanol–water partition coefficient (Wildman–Crippen LogP) is 4.10. The molecule has 0 aliphatic heterocycles. The number of hydrogen-bond acceptors (Lipinski definition) is 3. The van der Waals surface area contributed by atoms with Crippen LogP contribution < -0.4 is 5.32 Å². The molecule has 0 unspecified atom stereocenters. The van der Waals surface area contributed by atoms with Crippen molar-refractivity contribution >= 4 is 27.8 Å². The molecule has 0 aromatic rings. The van der Waals surface area contributed by atoms with Crippen molar-refractivity contribution in [1.29, 1.82) is 0 Å². The number of carbonyl (C=O) groups excluding carboxylic acids is 2. The van der Waals surface area contributed by atoms with Gasteiger partial charge in [0, 0.05) is 10.4 Å². The Hall–Kier alpha value is -0.580. The summed E-state index contributed by atoms with van der Waals surface area (Å²) in [7, 11) is 0. The van der Waals surface area contributed by atoms with E-state index in [1.807, 2.05) is 0 Å². The van der Waals surface area contributed by atoms with Crippen molar-refractivity contribution in [3.63, 3.8) is 0 Å². The summed E-state index contributed by atoms with van der Waals surface area (Å²) in [6.45, 7) is 1.70. The largest absolute Gasteiger partial charge is 0.453 e. The first-order valence-electron chi connectivity index (χ1n) is 10.0. The summed E-state index contributed by atoms with van der Waals surface area (Å²) >= 11 is 3.99. The van der Waals surface area contributed by atoms with Crippen LogP contribution in [-0.4, -0.2) is 28.3 Å². The summed E-state index contributed by atoms with van der Waals surface area (Å²) in [6.07, 6.45) is 11.5. The lowest BCUT2D eigenvalue weighted by Crippen LogP contribution is -2.53. The highest BCUT2D eigenvalue weighted by atomic mass is 79.9. The van der Waals surface area contributed by atoms with Crippen LogP contribution in [0.2, 0.25) is 0 Å². The van der Waals surface area contributed by atoms with Crippen LogP contribution in [0.3, 0.4) is 0 Å². The monoisotopic (exact) mass is 411 g/mol. The van der Waals surface area contributed by atoms with Gasteiger partial charge in [0.1, 0.15) is 0 Å². The molecule has 5 aliphatic carbocycles. The molecule has 4 nitrogen and oxygen atoms in total. The van der Waals surface area contributed by atoms with Gasteiger partial charge in [-0.15, -0.1) is 0 Å². The number of hydrogen-bond donors (Lipinski definition) is 1. The van der Waals surface area contributed by atoms with Crippen LogP contribution in [0.1, 0.15) is 77.6 Å². The number of nitrogens with one attached hydrogen (secondary N) is 1. The van der Waals surface area contributed by atoms with Crippen molar-refractivity contribution in [3.8, 4) is 0 Å². The molecule has 5 aliphatic rings. The maximum atomic E-state index is 12.6. The van der Waals surface area contributed by atoms with E-state index in [-0.39, 0.29) is 27.7 Å². The zero-order chi connectivity index (χ0) is 17.7. The summed E-state index contributed by atoms with van der Waals surface area (Å²) in [5.41, 5.74) is 0.103. The van der Waals surface area contributed by atoms with Crippen LogP contribution in [-0.2, 0) is 14.3 Å². The normalized spacial score (nSPS) is 40.9. The van der Waals surface area contributed by atoms with Crippen LogP contribution >= 0.6 is 15.9 Å². The van der Waals surface area contributed by atoms with Gasteiger partial charge in [0.2, 0.25) is 0 Å². The van der Waals surface area contributed by atoms with Crippen LogP contribution in [0.4, 0.5) is 0 Å². The Morgan fingerprint density at radius 1 is 1.16 bits per heavy atom. The highest BCUT2D eigenvalue weighted by molar-refractivity contribution is 9.10. The molecule has 0 aromatic heterocycles. The van der Waals surface area contributed by atoms with E-state index in [1.165, 1.54) is 32.1 Å². The fourth-order valence-corrected chi connectivity index (χ4v) is 8.04. The van der Waals surface area contributed by atoms with E-state index in [0.29, 0.717) is 6.42 Å². The molecular formula is C20H30BrNO3. The number of alkyl halides is 1. The lowest BCUT2D eigenvalue weighted by atomic mass is 9.49. The van der Waals surface area contributed by atoms with Gasteiger partial charge in [0.15, 0.2) is 6.10 Å². The van der Waals surface area contributed by atoms with Gasteiger partial charge in [-0.1, -0.05) is 28.8 Å². The number of rotatable bonds is 5. The zero-order valence-electron chi connectivity index (χ0n) is 15.2. The number of esters is 1. The topological polar surface area (TPSA) is 55.4 Å². The molecule has 5 rings (SSSR count). The minimum absolute atomic E-state index is 0.103. The Bertz CT molecular complexity index is 543. The van der Waals surface area contributed by atoms with E-state index in [9.17, 15) is 9.59 Å². The first kappa shape index (κ1) is 17.8. The fourth-order valence-electron chi connectivity index (χ4n) is 6.53. The van der Waals surface area contributed by atoms with Crippen molar-refractivity contribution < 1.29 is 14.3 Å². The lowest BCUT2D eigenvalue weighted by molar-refractivity contribution is -0.160. The van der Waals surface area contributed by atoms with Gasteiger partial charge in [0.25, 0.3) is 5.91 Å². The molecule has 1 amide bonds. The van der Waals surface area contributed by atoms with E-state index < -0.39 is 6.10 Å².